The molecular weight excluding hydrogens is 322 g/mol. The van der Waals surface area contributed by atoms with Crippen LogP contribution in [-0.4, -0.2) is 37.9 Å². The highest BCUT2D eigenvalue weighted by atomic mass is 79.9. The van der Waals surface area contributed by atoms with Crippen molar-refractivity contribution in [3.8, 4) is 17.9 Å². The van der Waals surface area contributed by atoms with Crippen molar-refractivity contribution in [1.29, 1.82) is 10.5 Å². The van der Waals surface area contributed by atoms with E-state index in [1.54, 1.807) is 24.3 Å². The maximum absolute atomic E-state index is 8.63. The van der Waals surface area contributed by atoms with Gasteiger partial charge in [0.25, 0.3) is 0 Å². The minimum atomic E-state index is -0.243. The van der Waals surface area contributed by atoms with Crippen molar-refractivity contribution in [2.75, 3.05) is 32.7 Å². The van der Waals surface area contributed by atoms with Gasteiger partial charge in [0.1, 0.15) is 24.5 Å². The molecule has 0 fully saturated rings. The van der Waals surface area contributed by atoms with Crippen molar-refractivity contribution >= 4 is 27.3 Å². The SMILES string of the molecule is CN(C)CCOc1cc(Br)ccc1NN=C(C#N)C#N. The molecule has 1 rings (SSSR count). The molecule has 0 saturated carbocycles. The summed E-state index contributed by atoms with van der Waals surface area (Å²) in [5.41, 5.74) is 3.01. The molecule has 20 heavy (non-hydrogen) atoms. The zero-order valence-electron chi connectivity index (χ0n) is 11.2. The molecule has 0 heterocycles. The van der Waals surface area contributed by atoms with Gasteiger partial charge in [-0.05, 0) is 32.3 Å². The maximum Gasteiger partial charge on any atom is 0.237 e. The van der Waals surface area contributed by atoms with E-state index in [0.29, 0.717) is 18.0 Å². The Bertz CT molecular complexity index is 555. The fourth-order valence-electron chi connectivity index (χ4n) is 1.24. The molecule has 1 aromatic carbocycles. The Labute approximate surface area is 126 Å². The van der Waals surface area contributed by atoms with Crippen LogP contribution in [-0.2, 0) is 0 Å². The molecule has 0 aliphatic carbocycles. The van der Waals surface area contributed by atoms with Crippen LogP contribution in [0.4, 0.5) is 5.69 Å². The smallest absolute Gasteiger partial charge is 0.237 e. The summed E-state index contributed by atoms with van der Waals surface area (Å²) in [6.45, 7) is 1.29. The molecule has 0 aliphatic rings. The summed E-state index contributed by atoms with van der Waals surface area (Å²) < 4.78 is 6.53. The predicted octanol–water partition coefficient (Wildman–Crippen LogP) is 2.20. The Morgan fingerprint density at radius 1 is 1.40 bits per heavy atom. The van der Waals surface area contributed by atoms with Gasteiger partial charge in [0, 0.05) is 11.0 Å². The van der Waals surface area contributed by atoms with Crippen LogP contribution in [0.5, 0.6) is 5.75 Å². The van der Waals surface area contributed by atoms with E-state index < -0.39 is 0 Å². The van der Waals surface area contributed by atoms with Crippen LogP contribution in [0.25, 0.3) is 0 Å². The Balaban J connectivity index is 2.83. The molecule has 7 heteroatoms. The normalized spacial score (nSPS) is 9.50. The van der Waals surface area contributed by atoms with Crippen LogP contribution in [0.2, 0.25) is 0 Å². The summed E-state index contributed by atoms with van der Waals surface area (Å²) in [7, 11) is 3.92. The first kappa shape index (κ1) is 16.0. The van der Waals surface area contributed by atoms with Crippen molar-refractivity contribution in [2.45, 2.75) is 0 Å². The van der Waals surface area contributed by atoms with Gasteiger partial charge in [-0.15, -0.1) is 0 Å². The number of nitriles is 2. The lowest BCUT2D eigenvalue weighted by Gasteiger charge is -2.14. The first-order valence-electron chi connectivity index (χ1n) is 5.77. The fourth-order valence-corrected chi connectivity index (χ4v) is 1.58. The van der Waals surface area contributed by atoms with Crippen molar-refractivity contribution < 1.29 is 4.74 Å². The summed E-state index contributed by atoms with van der Waals surface area (Å²) in [5.74, 6) is 0.597. The Hall–Kier alpha value is -2.09. The Morgan fingerprint density at radius 3 is 2.70 bits per heavy atom. The number of hydrogen-bond acceptors (Lipinski definition) is 6. The number of likely N-dealkylation sites (N-methyl/N-ethyl adjacent to an activating group) is 1. The minimum Gasteiger partial charge on any atom is -0.490 e. The quantitative estimate of drug-likeness (QED) is 0.636. The zero-order valence-corrected chi connectivity index (χ0v) is 12.8. The van der Waals surface area contributed by atoms with Crippen LogP contribution < -0.4 is 10.2 Å². The lowest BCUT2D eigenvalue weighted by Crippen LogP contribution is -2.19. The van der Waals surface area contributed by atoms with Crippen LogP contribution in [0, 0.1) is 22.7 Å². The molecular formula is C13H14BrN5O. The summed E-state index contributed by atoms with van der Waals surface area (Å²) in [4.78, 5) is 2.01. The highest BCUT2D eigenvalue weighted by molar-refractivity contribution is 9.10. The van der Waals surface area contributed by atoms with Gasteiger partial charge in [0.2, 0.25) is 5.71 Å². The summed E-state index contributed by atoms with van der Waals surface area (Å²) in [6.07, 6.45) is 0. The van der Waals surface area contributed by atoms with Gasteiger partial charge in [0.05, 0.1) is 5.69 Å². The minimum absolute atomic E-state index is 0.243. The summed E-state index contributed by atoms with van der Waals surface area (Å²) >= 11 is 3.37. The van der Waals surface area contributed by atoms with Crippen LogP contribution in [0.1, 0.15) is 0 Å². The van der Waals surface area contributed by atoms with Gasteiger partial charge in [-0.25, -0.2) is 0 Å². The van der Waals surface area contributed by atoms with Crippen molar-refractivity contribution in [1.82, 2.24) is 4.90 Å². The van der Waals surface area contributed by atoms with Crippen molar-refractivity contribution in [3.63, 3.8) is 0 Å². The molecule has 0 radical (unpaired) electrons. The van der Waals surface area contributed by atoms with Crippen molar-refractivity contribution in [2.24, 2.45) is 5.10 Å². The molecule has 0 unspecified atom stereocenters. The summed E-state index contributed by atoms with van der Waals surface area (Å²) in [6, 6.07) is 8.73. The highest BCUT2D eigenvalue weighted by Crippen LogP contribution is 2.28. The maximum atomic E-state index is 8.63. The van der Waals surface area contributed by atoms with Gasteiger partial charge in [-0.1, -0.05) is 15.9 Å². The molecule has 104 valence electrons. The van der Waals surface area contributed by atoms with E-state index in [4.69, 9.17) is 15.3 Å². The molecule has 0 saturated heterocycles. The van der Waals surface area contributed by atoms with E-state index in [9.17, 15) is 0 Å². The van der Waals surface area contributed by atoms with E-state index in [1.807, 2.05) is 25.1 Å². The third-order valence-corrected chi connectivity index (χ3v) is 2.73. The second-order valence-corrected chi connectivity index (χ2v) is 5.00. The van der Waals surface area contributed by atoms with E-state index in [2.05, 4.69) is 26.5 Å². The number of hydrogen-bond donors (Lipinski definition) is 1. The Morgan fingerprint density at radius 2 is 2.10 bits per heavy atom. The number of hydrazone groups is 1. The average molecular weight is 336 g/mol. The molecule has 0 atom stereocenters. The number of halogens is 1. The van der Waals surface area contributed by atoms with Crippen LogP contribution >= 0.6 is 15.9 Å². The summed E-state index contributed by atoms with van der Waals surface area (Å²) in [5, 5.41) is 21.0. The molecule has 0 amide bonds. The molecule has 0 bridgehead atoms. The molecule has 6 nitrogen and oxygen atoms in total. The number of nitrogens with one attached hydrogen (secondary N) is 1. The number of nitrogens with zero attached hydrogens (tertiary/aromatic N) is 4. The number of benzene rings is 1. The molecule has 0 spiro atoms. The third kappa shape index (κ3) is 5.27. The highest BCUT2D eigenvalue weighted by Gasteiger charge is 2.05. The molecule has 0 aromatic heterocycles. The van der Waals surface area contributed by atoms with Gasteiger partial charge < -0.3 is 9.64 Å². The van der Waals surface area contributed by atoms with Crippen LogP contribution in [0.15, 0.2) is 27.8 Å². The first-order chi connectivity index (χ1) is 9.56. The fraction of sp³-hybridized carbons (Fsp3) is 0.308. The van der Waals surface area contributed by atoms with Crippen molar-refractivity contribution in [3.05, 3.63) is 22.7 Å². The zero-order chi connectivity index (χ0) is 15.0. The molecule has 0 aliphatic heterocycles. The molecule has 1 aromatic rings. The van der Waals surface area contributed by atoms with Gasteiger partial charge in [0.15, 0.2) is 0 Å². The van der Waals surface area contributed by atoms with E-state index in [-0.39, 0.29) is 5.71 Å². The number of rotatable bonds is 6. The van der Waals surface area contributed by atoms with Gasteiger partial charge in [-0.2, -0.15) is 15.6 Å². The molecule has 1 N–H and O–H groups in total. The topological polar surface area (TPSA) is 84.4 Å². The predicted molar refractivity (Wildman–Crippen MR) is 80.5 cm³/mol. The van der Waals surface area contributed by atoms with E-state index >= 15 is 0 Å². The number of ether oxygens (including phenoxy) is 1. The second-order valence-electron chi connectivity index (χ2n) is 4.09. The standard InChI is InChI=1S/C13H14BrN5O/c1-19(2)5-6-20-13-7-10(14)3-4-12(13)18-17-11(8-15)9-16/h3-4,7,18H,5-6H2,1-2H3. The van der Waals surface area contributed by atoms with Crippen LogP contribution in [0.3, 0.4) is 0 Å². The van der Waals surface area contributed by atoms with Gasteiger partial charge in [-0.3, -0.25) is 5.43 Å². The second kappa shape index (κ2) is 8.16. The lowest BCUT2D eigenvalue weighted by atomic mass is 10.3. The Kier molecular flexibility index (Phi) is 6.51. The lowest BCUT2D eigenvalue weighted by molar-refractivity contribution is 0.262. The first-order valence-corrected chi connectivity index (χ1v) is 6.57. The average Bonchev–Trinajstić information content (AvgIpc) is 2.41. The monoisotopic (exact) mass is 335 g/mol. The third-order valence-electron chi connectivity index (χ3n) is 2.24. The van der Waals surface area contributed by atoms with Gasteiger partial charge >= 0.3 is 0 Å². The van der Waals surface area contributed by atoms with E-state index in [0.717, 1.165) is 11.0 Å². The van der Waals surface area contributed by atoms with E-state index in [1.165, 1.54) is 0 Å². The largest absolute Gasteiger partial charge is 0.490 e. The number of anilines is 1.